The van der Waals surface area contributed by atoms with Crippen LogP contribution < -0.4 is 5.32 Å². The Kier molecular flexibility index (Phi) is 4.33. The van der Waals surface area contributed by atoms with Crippen LogP contribution in [-0.4, -0.2) is 18.6 Å². The second-order valence-electron chi connectivity index (χ2n) is 3.89. The van der Waals surface area contributed by atoms with Gasteiger partial charge in [0.25, 0.3) is 0 Å². The fourth-order valence-electron chi connectivity index (χ4n) is 1.54. The molecular weight excluding hydrogens is 226 g/mol. The lowest BCUT2D eigenvalue weighted by Crippen LogP contribution is -2.37. The van der Waals surface area contributed by atoms with Gasteiger partial charge in [-0.05, 0) is 25.5 Å². The van der Waals surface area contributed by atoms with Gasteiger partial charge in [-0.15, -0.1) is 12.4 Å². The number of carbonyl (C=O) groups excluding carboxylic acids is 1. The van der Waals surface area contributed by atoms with Gasteiger partial charge in [0.1, 0.15) is 12.1 Å². The molecule has 1 aromatic carbocycles. The number of carbonyl (C=O) groups is 1. The summed E-state index contributed by atoms with van der Waals surface area (Å²) in [6.07, 6.45) is 1.77. The molecule has 0 heterocycles. The molecule has 2 rings (SSSR count). The van der Waals surface area contributed by atoms with Crippen LogP contribution in [0.2, 0.25) is 0 Å². The lowest BCUT2D eigenvalue weighted by Gasteiger charge is -2.12. The maximum Gasteiger partial charge on any atom is 0.326 e. The van der Waals surface area contributed by atoms with E-state index in [1.807, 2.05) is 30.3 Å². The number of benzene rings is 1. The summed E-state index contributed by atoms with van der Waals surface area (Å²) in [5, 5.41) is 3.01. The second-order valence-corrected chi connectivity index (χ2v) is 3.89. The zero-order valence-corrected chi connectivity index (χ0v) is 10.0. The van der Waals surface area contributed by atoms with Crippen LogP contribution in [0.25, 0.3) is 0 Å². The summed E-state index contributed by atoms with van der Waals surface area (Å²) in [5.41, 5.74) is 0.646. The smallest absolute Gasteiger partial charge is 0.326 e. The van der Waals surface area contributed by atoms with Crippen LogP contribution >= 0.6 is 12.4 Å². The molecule has 1 saturated carbocycles. The van der Waals surface area contributed by atoms with Crippen LogP contribution in [0.15, 0.2) is 30.3 Å². The Bertz CT molecular complexity index is 349. The Morgan fingerprint density at radius 2 is 2.00 bits per heavy atom. The molecule has 3 nitrogen and oxygen atoms in total. The monoisotopic (exact) mass is 241 g/mol. The third kappa shape index (κ3) is 2.74. The first-order valence-corrected chi connectivity index (χ1v) is 5.17. The van der Waals surface area contributed by atoms with E-state index in [0.717, 1.165) is 18.4 Å². The van der Waals surface area contributed by atoms with E-state index in [-0.39, 0.29) is 23.9 Å². The fraction of sp³-hybridized carbons (Fsp3) is 0.417. The number of rotatable bonds is 4. The molecule has 1 aliphatic rings. The molecule has 1 aliphatic carbocycles. The molecule has 4 heteroatoms. The Morgan fingerprint density at radius 3 is 2.50 bits per heavy atom. The van der Waals surface area contributed by atoms with Crippen LogP contribution in [0.3, 0.4) is 0 Å². The minimum absolute atomic E-state index is 0. The third-order valence-corrected chi connectivity index (χ3v) is 2.83. The second kappa shape index (κ2) is 5.32. The van der Waals surface area contributed by atoms with Gasteiger partial charge in [-0.1, -0.05) is 30.3 Å². The maximum absolute atomic E-state index is 11.6. The molecule has 1 fully saturated rings. The topological polar surface area (TPSA) is 38.3 Å². The van der Waals surface area contributed by atoms with Crippen molar-refractivity contribution >= 4 is 18.4 Å². The van der Waals surface area contributed by atoms with Gasteiger partial charge in [0, 0.05) is 0 Å². The summed E-state index contributed by atoms with van der Waals surface area (Å²) in [5.74, 6) is -0.131. The van der Waals surface area contributed by atoms with Gasteiger partial charge in [0.2, 0.25) is 0 Å². The van der Waals surface area contributed by atoms with Crippen LogP contribution in [-0.2, 0) is 16.1 Å². The van der Waals surface area contributed by atoms with Crippen molar-refractivity contribution in [1.82, 2.24) is 5.32 Å². The number of halogens is 1. The first-order valence-electron chi connectivity index (χ1n) is 5.17. The highest BCUT2D eigenvalue weighted by Crippen LogP contribution is 2.36. The van der Waals surface area contributed by atoms with Crippen LogP contribution in [0, 0.1) is 0 Å². The van der Waals surface area contributed by atoms with Gasteiger partial charge < -0.3 is 10.1 Å². The zero-order valence-electron chi connectivity index (χ0n) is 9.23. The Labute approximate surface area is 102 Å². The maximum atomic E-state index is 11.6. The molecule has 0 saturated heterocycles. The summed E-state index contributed by atoms with van der Waals surface area (Å²) in [4.78, 5) is 11.6. The van der Waals surface area contributed by atoms with Gasteiger partial charge in [0.15, 0.2) is 0 Å². The van der Waals surface area contributed by atoms with Crippen molar-refractivity contribution in [2.75, 3.05) is 7.05 Å². The minimum Gasteiger partial charge on any atom is -0.459 e. The molecule has 0 radical (unpaired) electrons. The zero-order chi connectivity index (χ0) is 10.7. The van der Waals surface area contributed by atoms with Gasteiger partial charge in [0.05, 0.1) is 0 Å². The predicted octanol–water partition coefficient (Wildman–Crippen LogP) is 1.90. The molecule has 0 unspecified atom stereocenters. The average molecular weight is 242 g/mol. The molecule has 0 atom stereocenters. The Balaban J connectivity index is 0.00000128. The van der Waals surface area contributed by atoms with E-state index in [2.05, 4.69) is 5.32 Å². The van der Waals surface area contributed by atoms with Crippen molar-refractivity contribution in [3.8, 4) is 0 Å². The van der Waals surface area contributed by atoms with Gasteiger partial charge in [-0.3, -0.25) is 4.79 Å². The summed E-state index contributed by atoms with van der Waals surface area (Å²) in [6, 6.07) is 9.72. The molecule has 0 bridgehead atoms. The van der Waals surface area contributed by atoms with Crippen molar-refractivity contribution in [2.45, 2.75) is 25.0 Å². The lowest BCUT2D eigenvalue weighted by molar-refractivity contribution is -0.148. The molecule has 16 heavy (non-hydrogen) atoms. The quantitative estimate of drug-likeness (QED) is 0.819. The van der Waals surface area contributed by atoms with Crippen LogP contribution in [0.1, 0.15) is 18.4 Å². The standard InChI is InChI=1S/C12H15NO2.ClH/c1-13-12(7-8-12)11(14)15-9-10-5-3-2-4-6-10;/h2-6,13H,7-9H2,1H3;1H. The molecule has 1 N–H and O–H groups in total. The van der Waals surface area contributed by atoms with Gasteiger partial charge >= 0.3 is 5.97 Å². The highest BCUT2D eigenvalue weighted by Gasteiger charge is 2.50. The van der Waals surface area contributed by atoms with Crippen LogP contribution in [0.5, 0.6) is 0 Å². The molecule has 0 spiro atoms. The van der Waals surface area contributed by atoms with E-state index in [1.54, 1.807) is 7.05 Å². The third-order valence-electron chi connectivity index (χ3n) is 2.83. The molecular formula is C12H16ClNO2. The molecule has 88 valence electrons. The molecule has 0 amide bonds. The first-order chi connectivity index (χ1) is 7.27. The highest BCUT2D eigenvalue weighted by atomic mass is 35.5. The highest BCUT2D eigenvalue weighted by molar-refractivity contribution is 5.85. The van der Waals surface area contributed by atoms with E-state index in [4.69, 9.17) is 4.74 Å². The van der Waals surface area contributed by atoms with E-state index in [0.29, 0.717) is 6.61 Å². The van der Waals surface area contributed by atoms with E-state index < -0.39 is 0 Å². The Hall–Kier alpha value is -1.06. The Morgan fingerprint density at radius 1 is 1.38 bits per heavy atom. The lowest BCUT2D eigenvalue weighted by atomic mass is 10.2. The summed E-state index contributed by atoms with van der Waals surface area (Å²) >= 11 is 0. The van der Waals surface area contributed by atoms with Gasteiger partial charge in [-0.2, -0.15) is 0 Å². The number of ether oxygens (including phenoxy) is 1. The molecule has 1 aromatic rings. The van der Waals surface area contributed by atoms with E-state index >= 15 is 0 Å². The summed E-state index contributed by atoms with van der Waals surface area (Å²) in [7, 11) is 1.80. The van der Waals surface area contributed by atoms with Gasteiger partial charge in [-0.25, -0.2) is 0 Å². The largest absolute Gasteiger partial charge is 0.459 e. The van der Waals surface area contributed by atoms with Crippen molar-refractivity contribution in [2.24, 2.45) is 0 Å². The van der Waals surface area contributed by atoms with Crippen molar-refractivity contribution < 1.29 is 9.53 Å². The van der Waals surface area contributed by atoms with E-state index in [1.165, 1.54) is 0 Å². The number of hydrogen-bond acceptors (Lipinski definition) is 3. The SMILES string of the molecule is CNC1(C(=O)OCc2ccccc2)CC1.Cl. The molecule has 0 aliphatic heterocycles. The number of hydrogen-bond donors (Lipinski definition) is 1. The molecule has 0 aromatic heterocycles. The average Bonchev–Trinajstić information content (AvgIpc) is 3.08. The summed E-state index contributed by atoms with van der Waals surface area (Å²) in [6.45, 7) is 0.364. The first kappa shape index (κ1) is 13.0. The predicted molar refractivity (Wildman–Crippen MR) is 64.5 cm³/mol. The van der Waals surface area contributed by atoms with Crippen molar-refractivity contribution in [3.05, 3.63) is 35.9 Å². The number of esters is 1. The van der Waals surface area contributed by atoms with Crippen molar-refractivity contribution in [3.63, 3.8) is 0 Å². The number of nitrogens with one attached hydrogen (secondary N) is 1. The van der Waals surface area contributed by atoms with E-state index in [9.17, 15) is 4.79 Å². The summed E-state index contributed by atoms with van der Waals surface area (Å²) < 4.78 is 5.24. The number of likely N-dealkylation sites (N-methyl/N-ethyl adjacent to an activating group) is 1. The van der Waals surface area contributed by atoms with Crippen LogP contribution in [0.4, 0.5) is 0 Å². The fourth-order valence-corrected chi connectivity index (χ4v) is 1.54. The minimum atomic E-state index is -0.380. The van der Waals surface area contributed by atoms with Crippen molar-refractivity contribution in [1.29, 1.82) is 0 Å². The normalized spacial score (nSPS) is 16.1.